The standard InChI is InChI=1S/C18H13FN4/c1-12-11-13(4-5-15(12)19)18-14(3-2-8-21-18)16-6-7-17-20-9-10-23(17)22-16/h2-11H,1H3. The fraction of sp³-hybridized carbons (Fsp3) is 0.0556. The van der Waals surface area contributed by atoms with Crippen LogP contribution in [-0.4, -0.2) is 19.6 Å². The van der Waals surface area contributed by atoms with Crippen molar-refractivity contribution >= 4 is 5.65 Å². The normalized spacial score (nSPS) is 11.0. The number of nitrogens with zero attached hydrogens (tertiary/aromatic N) is 4. The highest BCUT2D eigenvalue weighted by Gasteiger charge is 2.11. The van der Waals surface area contributed by atoms with Crippen LogP contribution in [0.4, 0.5) is 4.39 Å². The summed E-state index contributed by atoms with van der Waals surface area (Å²) in [4.78, 5) is 8.68. The Morgan fingerprint density at radius 2 is 1.91 bits per heavy atom. The van der Waals surface area contributed by atoms with Gasteiger partial charge in [-0.2, -0.15) is 5.10 Å². The Labute approximate surface area is 132 Å². The molecule has 4 rings (SSSR count). The number of aryl methyl sites for hydroxylation is 1. The molecule has 5 heteroatoms. The summed E-state index contributed by atoms with van der Waals surface area (Å²) in [7, 11) is 0. The predicted molar refractivity (Wildman–Crippen MR) is 86.3 cm³/mol. The Kier molecular flexibility index (Phi) is 3.12. The van der Waals surface area contributed by atoms with Crippen LogP contribution in [0.1, 0.15) is 5.56 Å². The molecule has 0 aliphatic carbocycles. The molecule has 0 amide bonds. The Bertz CT molecular complexity index is 1010. The van der Waals surface area contributed by atoms with Crippen LogP contribution in [0.25, 0.3) is 28.2 Å². The summed E-state index contributed by atoms with van der Waals surface area (Å²) >= 11 is 0. The van der Waals surface area contributed by atoms with Gasteiger partial charge >= 0.3 is 0 Å². The van der Waals surface area contributed by atoms with Gasteiger partial charge in [0.2, 0.25) is 0 Å². The minimum absolute atomic E-state index is 0.218. The molecule has 23 heavy (non-hydrogen) atoms. The van der Waals surface area contributed by atoms with Gasteiger partial charge < -0.3 is 0 Å². The minimum atomic E-state index is -0.218. The van der Waals surface area contributed by atoms with Crippen molar-refractivity contribution in [2.75, 3.05) is 0 Å². The molecular formula is C18H13FN4. The molecule has 0 radical (unpaired) electrons. The Morgan fingerprint density at radius 3 is 2.78 bits per heavy atom. The predicted octanol–water partition coefficient (Wildman–Crippen LogP) is 3.91. The third kappa shape index (κ3) is 2.36. The summed E-state index contributed by atoms with van der Waals surface area (Å²) in [6.45, 7) is 1.75. The number of fused-ring (bicyclic) bond motifs is 1. The van der Waals surface area contributed by atoms with Crippen molar-refractivity contribution in [3.05, 3.63) is 72.4 Å². The van der Waals surface area contributed by atoms with Gasteiger partial charge in [0.05, 0.1) is 11.4 Å². The third-order valence-electron chi connectivity index (χ3n) is 3.77. The molecule has 0 saturated carbocycles. The van der Waals surface area contributed by atoms with Crippen molar-refractivity contribution in [3.63, 3.8) is 0 Å². The second kappa shape index (κ2) is 5.28. The molecule has 4 aromatic rings. The summed E-state index contributed by atoms with van der Waals surface area (Å²) in [5, 5.41) is 4.57. The summed E-state index contributed by atoms with van der Waals surface area (Å²) < 4.78 is 15.3. The molecule has 0 unspecified atom stereocenters. The van der Waals surface area contributed by atoms with E-state index in [1.807, 2.05) is 24.3 Å². The zero-order chi connectivity index (χ0) is 15.8. The number of benzene rings is 1. The Morgan fingerprint density at radius 1 is 1.00 bits per heavy atom. The number of hydrogen-bond acceptors (Lipinski definition) is 3. The van der Waals surface area contributed by atoms with E-state index < -0.39 is 0 Å². The van der Waals surface area contributed by atoms with Gasteiger partial charge in [-0.15, -0.1) is 0 Å². The number of pyridine rings is 1. The second-order valence-corrected chi connectivity index (χ2v) is 5.31. The maximum Gasteiger partial charge on any atom is 0.153 e. The maximum absolute atomic E-state index is 13.5. The van der Waals surface area contributed by atoms with Gasteiger partial charge in [0, 0.05) is 29.7 Å². The fourth-order valence-electron chi connectivity index (χ4n) is 2.59. The molecule has 0 spiro atoms. The van der Waals surface area contributed by atoms with E-state index in [4.69, 9.17) is 0 Å². The van der Waals surface area contributed by atoms with Gasteiger partial charge in [-0.1, -0.05) is 0 Å². The van der Waals surface area contributed by atoms with E-state index in [1.54, 1.807) is 42.2 Å². The molecule has 3 aromatic heterocycles. The minimum Gasteiger partial charge on any atom is -0.256 e. The van der Waals surface area contributed by atoms with Crippen molar-refractivity contribution < 1.29 is 4.39 Å². The van der Waals surface area contributed by atoms with Crippen molar-refractivity contribution in [1.82, 2.24) is 19.6 Å². The zero-order valence-corrected chi connectivity index (χ0v) is 12.4. The average molecular weight is 304 g/mol. The first-order valence-corrected chi connectivity index (χ1v) is 7.25. The van der Waals surface area contributed by atoms with E-state index in [9.17, 15) is 4.39 Å². The topological polar surface area (TPSA) is 43.1 Å². The molecule has 0 bridgehead atoms. The highest BCUT2D eigenvalue weighted by molar-refractivity contribution is 5.79. The molecule has 1 aromatic carbocycles. The molecule has 4 nitrogen and oxygen atoms in total. The number of halogens is 1. The third-order valence-corrected chi connectivity index (χ3v) is 3.77. The number of hydrogen-bond donors (Lipinski definition) is 0. The van der Waals surface area contributed by atoms with Crippen molar-refractivity contribution in [1.29, 1.82) is 0 Å². The highest BCUT2D eigenvalue weighted by atomic mass is 19.1. The van der Waals surface area contributed by atoms with Gasteiger partial charge in [-0.3, -0.25) is 4.98 Å². The molecule has 0 atom stereocenters. The maximum atomic E-state index is 13.5. The quantitative estimate of drug-likeness (QED) is 0.564. The molecule has 112 valence electrons. The lowest BCUT2D eigenvalue weighted by Gasteiger charge is -2.09. The zero-order valence-electron chi connectivity index (χ0n) is 12.4. The second-order valence-electron chi connectivity index (χ2n) is 5.31. The summed E-state index contributed by atoms with van der Waals surface area (Å²) in [6, 6.07) is 12.7. The highest BCUT2D eigenvalue weighted by Crippen LogP contribution is 2.29. The summed E-state index contributed by atoms with van der Waals surface area (Å²) in [5.74, 6) is -0.218. The van der Waals surface area contributed by atoms with Gasteiger partial charge in [-0.25, -0.2) is 13.9 Å². The Balaban J connectivity index is 1.90. The van der Waals surface area contributed by atoms with E-state index in [0.29, 0.717) is 5.56 Å². The number of imidazole rings is 1. The average Bonchev–Trinajstić information content (AvgIpc) is 3.05. The summed E-state index contributed by atoms with van der Waals surface area (Å²) in [5.41, 5.74) is 4.72. The van der Waals surface area contributed by atoms with Crippen LogP contribution in [0.3, 0.4) is 0 Å². The molecule has 0 fully saturated rings. The van der Waals surface area contributed by atoms with Gasteiger partial charge in [0.15, 0.2) is 5.65 Å². The molecular weight excluding hydrogens is 291 g/mol. The smallest absolute Gasteiger partial charge is 0.153 e. The largest absolute Gasteiger partial charge is 0.256 e. The van der Waals surface area contributed by atoms with Gasteiger partial charge in [-0.05, 0) is 55.0 Å². The van der Waals surface area contributed by atoms with E-state index >= 15 is 0 Å². The Hall–Kier alpha value is -3.08. The van der Waals surface area contributed by atoms with E-state index in [0.717, 1.165) is 28.2 Å². The van der Waals surface area contributed by atoms with Crippen LogP contribution in [0.2, 0.25) is 0 Å². The lowest BCUT2D eigenvalue weighted by atomic mass is 10.0. The van der Waals surface area contributed by atoms with Gasteiger partial charge in [0.1, 0.15) is 5.82 Å². The lowest BCUT2D eigenvalue weighted by Crippen LogP contribution is -1.96. The van der Waals surface area contributed by atoms with E-state index in [2.05, 4.69) is 15.1 Å². The van der Waals surface area contributed by atoms with Crippen LogP contribution in [0.5, 0.6) is 0 Å². The summed E-state index contributed by atoms with van der Waals surface area (Å²) in [6.07, 6.45) is 5.24. The first-order chi connectivity index (χ1) is 11.2. The van der Waals surface area contributed by atoms with Crippen LogP contribution in [0.15, 0.2) is 61.1 Å². The molecule has 0 aliphatic heterocycles. The molecule has 0 N–H and O–H groups in total. The van der Waals surface area contributed by atoms with Crippen LogP contribution >= 0.6 is 0 Å². The van der Waals surface area contributed by atoms with Crippen molar-refractivity contribution in [3.8, 4) is 22.5 Å². The molecule has 0 saturated heterocycles. The van der Waals surface area contributed by atoms with E-state index in [-0.39, 0.29) is 5.82 Å². The number of aromatic nitrogens is 4. The van der Waals surface area contributed by atoms with Crippen LogP contribution < -0.4 is 0 Å². The SMILES string of the molecule is Cc1cc(-c2ncccc2-c2ccc3nccn3n2)ccc1F. The van der Waals surface area contributed by atoms with Crippen molar-refractivity contribution in [2.45, 2.75) is 6.92 Å². The van der Waals surface area contributed by atoms with Gasteiger partial charge in [0.25, 0.3) is 0 Å². The first-order valence-electron chi connectivity index (χ1n) is 7.25. The van der Waals surface area contributed by atoms with Crippen LogP contribution in [0, 0.1) is 12.7 Å². The molecule has 3 heterocycles. The van der Waals surface area contributed by atoms with Crippen molar-refractivity contribution in [2.24, 2.45) is 0 Å². The van der Waals surface area contributed by atoms with E-state index in [1.165, 1.54) is 6.07 Å². The van der Waals surface area contributed by atoms with Crippen LogP contribution in [-0.2, 0) is 0 Å². The lowest BCUT2D eigenvalue weighted by molar-refractivity contribution is 0.619. The number of rotatable bonds is 2. The molecule has 0 aliphatic rings. The fourth-order valence-corrected chi connectivity index (χ4v) is 2.59. The monoisotopic (exact) mass is 304 g/mol. The first kappa shape index (κ1) is 13.6.